The molecule has 2 aromatic rings. The first-order chi connectivity index (χ1) is 9.24. The van der Waals surface area contributed by atoms with E-state index in [1.54, 1.807) is 0 Å². The average Bonchev–Trinajstić information content (AvgIpc) is 2.79. The Balaban J connectivity index is 1.76. The predicted octanol–water partition coefficient (Wildman–Crippen LogP) is 2.91. The lowest BCUT2D eigenvalue weighted by Gasteiger charge is -2.28. The second kappa shape index (κ2) is 5.01. The van der Waals surface area contributed by atoms with Gasteiger partial charge in [0, 0.05) is 12.2 Å². The molecule has 6 heteroatoms. The second-order valence-electron chi connectivity index (χ2n) is 4.56. The maximum atomic E-state index is 12.2. The summed E-state index contributed by atoms with van der Waals surface area (Å²) in [5.41, 5.74) is 0.654. The molecule has 2 aromatic heterocycles. The molecule has 5 nitrogen and oxygen atoms in total. The first-order valence-electron chi connectivity index (χ1n) is 6.20. The lowest BCUT2D eigenvalue weighted by molar-refractivity contribution is 0.101. The van der Waals surface area contributed by atoms with E-state index in [1.165, 1.54) is 18.8 Å². The molecule has 0 atom stereocenters. The van der Waals surface area contributed by atoms with Gasteiger partial charge in [-0.3, -0.25) is 4.79 Å². The molecule has 2 heterocycles. The van der Waals surface area contributed by atoms with E-state index in [2.05, 4.69) is 15.3 Å². The summed E-state index contributed by atoms with van der Waals surface area (Å²) in [7, 11) is 0. The Kier molecular flexibility index (Phi) is 3.21. The quantitative estimate of drug-likeness (QED) is 0.938. The number of halogens is 1. The van der Waals surface area contributed by atoms with Gasteiger partial charge in [-0.15, -0.1) is 0 Å². The molecule has 1 aliphatic rings. The molecule has 1 aliphatic carbocycles. The number of carbonyl (C=O) groups is 1. The van der Waals surface area contributed by atoms with Crippen LogP contribution >= 0.6 is 11.6 Å². The average molecular weight is 277 g/mol. The number of anilines is 1. The summed E-state index contributed by atoms with van der Waals surface area (Å²) < 4.78 is 2.03. The normalized spacial score (nSPS) is 15.0. The zero-order chi connectivity index (χ0) is 13.2. The molecule has 1 saturated carbocycles. The Hall–Kier alpha value is -1.88. The summed E-state index contributed by atoms with van der Waals surface area (Å²) in [5, 5.41) is 3.02. The molecule has 19 heavy (non-hydrogen) atoms. The van der Waals surface area contributed by atoms with Gasteiger partial charge in [-0.1, -0.05) is 11.6 Å². The molecule has 1 fully saturated rings. The third kappa shape index (κ3) is 2.46. The van der Waals surface area contributed by atoms with Gasteiger partial charge in [0.25, 0.3) is 5.91 Å². The van der Waals surface area contributed by atoms with Crippen molar-refractivity contribution < 1.29 is 4.79 Å². The summed E-state index contributed by atoms with van der Waals surface area (Å²) >= 11 is 5.65. The standard InChI is InChI=1S/C13H13ClN4O/c14-11-7-16-12(8-15-11)17-13(19)10-5-2-6-18(10)9-3-1-4-9/h2,5-9H,1,3-4H2,(H,16,17,19). The number of nitrogens with one attached hydrogen (secondary N) is 1. The van der Waals surface area contributed by atoms with Crippen LogP contribution in [0.4, 0.5) is 5.82 Å². The van der Waals surface area contributed by atoms with E-state index in [9.17, 15) is 4.79 Å². The third-order valence-corrected chi connectivity index (χ3v) is 3.54. The van der Waals surface area contributed by atoms with Crippen molar-refractivity contribution in [2.24, 2.45) is 0 Å². The summed E-state index contributed by atoms with van der Waals surface area (Å²) in [6.45, 7) is 0. The first-order valence-corrected chi connectivity index (χ1v) is 6.57. The van der Waals surface area contributed by atoms with Crippen LogP contribution < -0.4 is 5.32 Å². The van der Waals surface area contributed by atoms with Crippen LogP contribution in [-0.2, 0) is 0 Å². The van der Waals surface area contributed by atoms with Gasteiger partial charge < -0.3 is 9.88 Å². The molecule has 0 saturated heterocycles. The number of carbonyl (C=O) groups excluding carboxylic acids is 1. The summed E-state index contributed by atoms with van der Waals surface area (Å²) in [6, 6.07) is 4.16. The van der Waals surface area contributed by atoms with E-state index >= 15 is 0 Å². The Morgan fingerprint density at radius 1 is 1.37 bits per heavy atom. The van der Waals surface area contributed by atoms with Gasteiger partial charge in [0.1, 0.15) is 10.8 Å². The van der Waals surface area contributed by atoms with E-state index in [4.69, 9.17) is 11.6 Å². The molecular weight excluding hydrogens is 264 g/mol. The van der Waals surface area contributed by atoms with Gasteiger partial charge in [-0.05, 0) is 31.4 Å². The van der Waals surface area contributed by atoms with Crippen LogP contribution in [0.5, 0.6) is 0 Å². The van der Waals surface area contributed by atoms with E-state index in [-0.39, 0.29) is 5.91 Å². The minimum absolute atomic E-state index is 0.173. The van der Waals surface area contributed by atoms with Crippen molar-refractivity contribution in [1.29, 1.82) is 0 Å². The van der Waals surface area contributed by atoms with Crippen LogP contribution in [0.15, 0.2) is 30.7 Å². The third-order valence-electron chi connectivity index (χ3n) is 3.34. The number of amides is 1. The molecule has 0 unspecified atom stereocenters. The molecular formula is C13H13ClN4O. The molecule has 3 rings (SSSR count). The maximum Gasteiger partial charge on any atom is 0.273 e. The zero-order valence-electron chi connectivity index (χ0n) is 10.2. The fraction of sp³-hybridized carbons (Fsp3) is 0.308. The van der Waals surface area contributed by atoms with Gasteiger partial charge in [-0.25, -0.2) is 9.97 Å². The topological polar surface area (TPSA) is 59.8 Å². The number of hydrogen-bond acceptors (Lipinski definition) is 3. The van der Waals surface area contributed by atoms with E-state index in [1.807, 2.05) is 22.9 Å². The summed E-state index contributed by atoms with van der Waals surface area (Å²) in [6.07, 6.45) is 8.29. The fourth-order valence-electron chi connectivity index (χ4n) is 2.13. The van der Waals surface area contributed by atoms with E-state index < -0.39 is 0 Å². The Morgan fingerprint density at radius 2 is 2.21 bits per heavy atom. The summed E-state index contributed by atoms with van der Waals surface area (Å²) in [4.78, 5) is 20.1. The highest BCUT2D eigenvalue weighted by molar-refractivity contribution is 6.29. The molecule has 0 aliphatic heterocycles. The van der Waals surface area contributed by atoms with Crippen LogP contribution in [0, 0.1) is 0 Å². The van der Waals surface area contributed by atoms with Crippen LogP contribution in [0.25, 0.3) is 0 Å². The van der Waals surface area contributed by atoms with Crippen molar-refractivity contribution in [3.63, 3.8) is 0 Å². The van der Waals surface area contributed by atoms with Gasteiger partial charge in [0.05, 0.1) is 12.4 Å². The number of rotatable bonds is 3. The van der Waals surface area contributed by atoms with E-state index in [0.29, 0.717) is 22.7 Å². The van der Waals surface area contributed by atoms with Crippen molar-refractivity contribution >= 4 is 23.3 Å². The predicted molar refractivity (Wildman–Crippen MR) is 72.3 cm³/mol. The SMILES string of the molecule is O=C(Nc1cnc(Cl)cn1)c1cccn1C1CCC1. The second-order valence-corrected chi connectivity index (χ2v) is 4.95. The van der Waals surface area contributed by atoms with E-state index in [0.717, 1.165) is 12.8 Å². The molecule has 0 radical (unpaired) electrons. The number of aromatic nitrogens is 3. The summed E-state index contributed by atoms with van der Waals surface area (Å²) in [5.74, 6) is 0.226. The molecule has 0 aromatic carbocycles. The van der Waals surface area contributed by atoms with Crippen LogP contribution in [0.1, 0.15) is 35.8 Å². The van der Waals surface area contributed by atoms with Crippen LogP contribution in [0.3, 0.4) is 0 Å². The van der Waals surface area contributed by atoms with Crippen LogP contribution in [-0.4, -0.2) is 20.4 Å². The minimum atomic E-state index is -0.173. The fourth-order valence-corrected chi connectivity index (χ4v) is 2.22. The monoisotopic (exact) mass is 276 g/mol. The smallest absolute Gasteiger partial charge is 0.273 e. The van der Waals surface area contributed by atoms with Gasteiger partial charge in [-0.2, -0.15) is 0 Å². The van der Waals surface area contributed by atoms with Crippen molar-refractivity contribution in [2.75, 3.05) is 5.32 Å². The Bertz CT molecular complexity index is 589. The highest BCUT2D eigenvalue weighted by Gasteiger charge is 2.23. The molecule has 0 spiro atoms. The number of nitrogens with zero attached hydrogens (tertiary/aromatic N) is 3. The Morgan fingerprint density at radius 3 is 2.84 bits per heavy atom. The first kappa shape index (κ1) is 12.2. The van der Waals surface area contributed by atoms with Crippen molar-refractivity contribution in [3.05, 3.63) is 41.6 Å². The van der Waals surface area contributed by atoms with Crippen molar-refractivity contribution in [3.8, 4) is 0 Å². The molecule has 1 N–H and O–H groups in total. The minimum Gasteiger partial charge on any atom is -0.340 e. The van der Waals surface area contributed by atoms with Crippen LogP contribution in [0.2, 0.25) is 5.15 Å². The highest BCUT2D eigenvalue weighted by Crippen LogP contribution is 2.32. The van der Waals surface area contributed by atoms with Crippen molar-refractivity contribution in [2.45, 2.75) is 25.3 Å². The maximum absolute atomic E-state index is 12.2. The molecule has 1 amide bonds. The number of hydrogen-bond donors (Lipinski definition) is 1. The largest absolute Gasteiger partial charge is 0.340 e. The lowest BCUT2D eigenvalue weighted by atomic mass is 9.93. The van der Waals surface area contributed by atoms with Crippen molar-refractivity contribution in [1.82, 2.24) is 14.5 Å². The van der Waals surface area contributed by atoms with Gasteiger partial charge >= 0.3 is 0 Å². The molecule has 98 valence electrons. The Labute approximate surface area is 115 Å². The van der Waals surface area contributed by atoms with Gasteiger partial charge in [0.2, 0.25) is 0 Å². The zero-order valence-corrected chi connectivity index (χ0v) is 11.0. The van der Waals surface area contributed by atoms with Gasteiger partial charge in [0.15, 0.2) is 5.82 Å². The highest BCUT2D eigenvalue weighted by atomic mass is 35.5. The lowest BCUT2D eigenvalue weighted by Crippen LogP contribution is -2.23. The molecule has 0 bridgehead atoms.